The molecule has 0 aliphatic heterocycles. The van der Waals surface area contributed by atoms with Gasteiger partial charge in [-0.05, 0) is 42.7 Å². The van der Waals surface area contributed by atoms with Crippen molar-refractivity contribution in [1.82, 2.24) is 0 Å². The molecular weight excluding hydrogens is 194 g/mol. The monoisotopic (exact) mass is 211 g/mol. The Morgan fingerprint density at radius 3 is 2.56 bits per heavy atom. The smallest absolute Gasteiger partial charge is 0.0413 e. The van der Waals surface area contributed by atoms with Crippen LogP contribution in [0.5, 0.6) is 0 Å². The van der Waals surface area contributed by atoms with E-state index in [2.05, 4.69) is 67.7 Å². The van der Waals surface area contributed by atoms with Gasteiger partial charge in [0.15, 0.2) is 0 Å². The summed E-state index contributed by atoms with van der Waals surface area (Å²) in [6.45, 7) is 4.29. The normalized spacial score (nSPS) is 10.1. The fourth-order valence-corrected chi connectivity index (χ4v) is 1.74. The highest BCUT2D eigenvalue weighted by Crippen LogP contribution is 2.20. The van der Waals surface area contributed by atoms with Gasteiger partial charge in [0, 0.05) is 11.4 Å². The van der Waals surface area contributed by atoms with E-state index in [1.807, 2.05) is 0 Å². The summed E-state index contributed by atoms with van der Waals surface area (Å²) in [5, 5.41) is 3.45. The number of para-hydroxylation sites is 1. The van der Waals surface area contributed by atoms with E-state index in [1.54, 1.807) is 0 Å². The molecule has 0 aliphatic rings. The Kier molecular flexibility index (Phi) is 3.25. The predicted octanol–water partition coefficient (Wildman–Crippen LogP) is 4.30. The maximum atomic E-state index is 3.45. The first kappa shape index (κ1) is 10.7. The van der Waals surface area contributed by atoms with Crippen LogP contribution in [0.25, 0.3) is 0 Å². The fraction of sp³-hybridized carbons (Fsp3) is 0.200. The van der Waals surface area contributed by atoms with Crippen molar-refractivity contribution in [2.45, 2.75) is 20.3 Å². The number of benzene rings is 2. The van der Waals surface area contributed by atoms with Gasteiger partial charge in [-0.15, -0.1) is 0 Å². The summed E-state index contributed by atoms with van der Waals surface area (Å²) >= 11 is 0. The highest BCUT2D eigenvalue weighted by molar-refractivity contribution is 5.63. The van der Waals surface area contributed by atoms with Crippen LogP contribution in [-0.4, -0.2) is 0 Å². The second kappa shape index (κ2) is 4.84. The molecule has 1 N–H and O–H groups in total. The lowest BCUT2D eigenvalue weighted by Gasteiger charge is -2.10. The SMILES string of the molecule is CCc1cccc(Nc2ccccc2C)c1. The Hall–Kier alpha value is -1.76. The number of hydrogen-bond donors (Lipinski definition) is 1. The highest BCUT2D eigenvalue weighted by Gasteiger charge is 1.98. The minimum atomic E-state index is 1.07. The maximum absolute atomic E-state index is 3.45. The Bertz CT molecular complexity index is 474. The van der Waals surface area contributed by atoms with E-state index in [4.69, 9.17) is 0 Å². The van der Waals surface area contributed by atoms with Crippen molar-refractivity contribution in [3.63, 3.8) is 0 Å². The molecule has 2 aromatic rings. The molecule has 0 aromatic heterocycles. The van der Waals surface area contributed by atoms with Crippen LogP contribution in [-0.2, 0) is 6.42 Å². The van der Waals surface area contributed by atoms with E-state index < -0.39 is 0 Å². The maximum Gasteiger partial charge on any atom is 0.0413 e. The van der Waals surface area contributed by atoms with E-state index in [9.17, 15) is 0 Å². The van der Waals surface area contributed by atoms with Gasteiger partial charge in [-0.25, -0.2) is 0 Å². The number of nitrogens with one attached hydrogen (secondary N) is 1. The standard InChI is InChI=1S/C15H17N/c1-3-13-8-6-9-14(11-13)16-15-10-5-4-7-12(15)2/h4-11,16H,3H2,1-2H3. The largest absolute Gasteiger partial charge is 0.355 e. The topological polar surface area (TPSA) is 12.0 Å². The summed E-state index contributed by atoms with van der Waals surface area (Å²) in [6.07, 6.45) is 1.07. The summed E-state index contributed by atoms with van der Waals surface area (Å²) < 4.78 is 0. The number of anilines is 2. The number of aryl methyl sites for hydroxylation is 2. The highest BCUT2D eigenvalue weighted by atomic mass is 14.9. The third-order valence-corrected chi connectivity index (χ3v) is 2.76. The minimum Gasteiger partial charge on any atom is -0.355 e. The van der Waals surface area contributed by atoms with Crippen LogP contribution in [0, 0.1) is 6.92 Å². The molecule has 1 heteroatoms. The Morgan fingerprint density at radius 1 is 1.00 bits per heavy atom. The molecule has 1 nitrogen and oxygen atoms in total. The summed E-state index contributed by atoms with van der Waals surface area (Å²) in [6, 6.07) is 16.9. The molecule has 0 unspecified atom stereocenters. The molecule has 0 spiro atoms. The first-order chi connectivity index (χ1) is 7.79. The third kappa shape index (κ3) is 2.43. The van der Waals surface area contributed by atoms with E-state index >= 15 is 0 Å². The second-order valence-corrected chi connectivity index (χ2v) is 3.99. The van der Waals surface area contributed by atoms with Crippen molar-refractivity contribution < 1.29 is 0 Å². The van der Waals surface area contributed by atoms with Crippen molar-refractivity contribution >= 4 is 11.4 Å². The molecule has 0 fully saturated rings. The first-order valence-electron chi connectivity index (χ1n) is 5.71. The molecule has 0 amide bonds. The third-order valence-electron chi connectivity index (χ3n) is 2.76. The predicted molar refractivity (Wildman–Crippen MR) is 70.3 cm³/mol. The van der Waals surface area contributed by atoms with Crippen LogP contribution in [0.4, 0.5) is 11.4 Å². The van der Waals surface area contributed by atoms with E-state index in [0.29, 0.717) is 0 Å². The lowest BCUT2D eigenvalue weighted by Crippen LogP contribution is -1.93. The van der Waals surface area contributed by atoms with Gasteiger partial charge in [-0.3, -0.25) is 0 Å². The molecule has 16 heavy (non-hydrogen) atoms. The molecule has 2 aromatic carbocycles. The van der Waals surface area contributed by atoms with Crippen LogP contribution in [0.2, 0.25) is 0 Å². The molecule has 0 radical (unpaired) electrons. The Balaban J connectivity index is 2.24. The van der Waals surface area contributed by atoms with Gasteiger partial charge < -0.3 is 5.32 Å². The van der Waals surface area contributed by atoms with Crippen LogP contribution in [0.15, 0.2) is 48.5 Å². The van der Waals surface area contributed by atoms with Crippen LogP contribution >= 0.6 is 0 Å². The van der Waals surface area contributed by atoms with E-state index in [1.165, 1.54) is 16.8 Å². The van der Waals surface area contributed by atoms with E-state index in [-0.39, 0.29) is 0 Å². The van der Waals surface area contributed by atoms with Gasteiger partial charge in [0.2, 0.25) is 0 Å². The van der Waals surface area contributed by atoms with Crippen molar-refractivity contribution in [2.75, 3.05) is 5.32 Å². The van der Waals surface area contributed by atoms with Crippen LogP contribution in [0.3, 0.4) is 0 Å². The minimum absolute atomic E-state index is 1.07. The number of hydrogen-bond acceptors (Lipinski definition) is 1. The van der Waals surface area contributed by atoms with Gasteiger partial charge >= 0.3 is 0 Å². The molecule has 0 bridgehead atoms. The fourth-order valence-electron chi connectivity index (χ4n) is 1.74. The molecule has 0 aliphatic carbocycles. The zero-order valence-corrected chi connectivity index (χ0v) is 9.83. The molecule has 82 valence electrons. The second-order valence-electron chi connectivity index (χ2n) is 3.99. The average molecular weight is 211 g/mol. The first-order valence-corrected chi connectivity index (χ1v) is 5.71. The number of rotatable bonds is 3. The summed E-state index contributed by atoms with van der Waals surface area (Å²) in [7, 11) is 0. The lowest BCUT2D eigenvalue weighted by atomic mass is 10.1. The lowest BCUT2D eigenvalue weighted by molar-refractivity contribution is 1.14. The summed E-state index contributed by atoms with van der Waals surface area (Å²) in [5.74, 6) is 0. The Morgan fingerprint density at radius 2 is 1.81 bits per heavy atom. The quantitative estimate of drug-likeness (QED) is 0.798. The molecule has 0 heterocycles. The zero-order valence-electron chi connectivity index (χ0n) is 9.83. The van der Waals surface area contributed by atoms with Crippen molar-refractivity contribution in [2.24, 2.45) is 0 Å². The van der Waals surface area contributed by atoms with Gasteiger partial charge in [0.25, 0.3) is 0 Å². The van der Waals surface area contributed by atoms with Crippen molar-refractivity contribution in [1.29, 1.82) is 0 Å². The van der Waals surface area contributed by atoms with Gasteiger partial charge in [0.05, 0.1) is 0 Å². The summed E-state index contributed by atoms with van der Waals surface area (Å²) in [5.41, 5.74) is 4.97. The van der Waals surface area contributed by atoms with Gasteiger partial charge in [-0.2, -0.15) is 0 Å². The van der Waals surface area contributed by atoms with E-state index in [0.717, 1.165) is 12.1 Å². The molecule has 0 atom stereocenters. The average Bonchev–Trinajstić information content (AvgIpc) is 2.32. The zero-order chi connectivity index (χ0) is 11.4. The van der Waals surface area contributed by atoms with Crippen molar-refractivity contribution in [3.8, 4) is 0 Å². The molecule has 2 rings (SSSR count). The Labute approximate surface area is 97.1 Å². The molecule has 0 saturated carbocycles. The van der Waals surface area contributed by atoms with Gasteiger partial charge in [-0.1, -0.05) is 37.3 Å². The summed E-state index contributed by atoms with van der Waals surface area (Å²) in [4.78, 5) is 0. The molecular formula is C15H17N. The molecule has 0 saturated heterocycles. The van der Waals surface area contributed by atoms with Crippen LogP contribution < -0.4 is 5.32 Å². The van der Waals surface area contributed by atoms with Crippen LogP contribution in [0.1, 0.15) is 18.1 Å². The van der Waals surface area contributed by atoms with Gasteiger partial charge in [0.1, 0.15) is 0 Å². The van der Waals surface area contributed by atoms with Crippen molar-refractivity contribution in [3.05, 3.63) is 59.7 Å².